The molecular formula is C17H18ClFN2. The van der Waals surface area contributed by atoms with Crippen molar-refractivity contribution in [1.29, 1.82) is 0 Å². The van der Waals surface area contributed by atoms with E-state index in [0.29, 0.717) is 5.92 Å². The lowest BCUT2D eigenvalue weighted by molar-refractivity contribution is 0.434. The maximum atomic E-state index is 13.2. The van der Waals surface area contributed by atoms with Crippen LogP contribution in [-0.2, 0) is 12.8 Å². The first-order chi connectivity index (χ1) is 10.2. The molecule has 110 valence electrons. The number of benzene rings is 2. The van der Waals surface area contributed by atoms with Crippen molar-refractivity contribution in [2.45, 2.75) is 31.2 Å². The van der Waals surface area contributed by atoms with Crippen LogP contribution >= 0.6 is 11.6 Å². The third-order valence-electron chi connectivity index (χ3n) is 4.32. The van der Waals surface area contributed by atoms with Gasteiger partial charge in [0.05, 0.1) is 5.02 Å². The largest absolute Gasteiger partial charge is 0.271 e. The molecule has 2 aromatic rings. The van der Waals surface area contributed by atoms with Gasteiger partial charge in [-0.15, -0.1) is 0 Å². The molecule has 2 aromatic carbocycles. The molecule has 21 heavy (non-hydrogen) atoms. The molecule has 2 unspecified atom stereocenters. The predicted molar refractivity (Wildman–Crippen MR) is 83.7 cm³/mol. The Labute approximate surface area is 129 Å². The average molecular weight is 305 g/mol. The van der Waals surface area contributed by atoms with E-state index in [1.54, 1.807) is 12.1 Å². The summed E-state index contributed by atoms with van der Waals surface area (Å²) in [7, 11) is 0. The van der Waals surface area contributed by atoms with Gasteiger partial charge in [0, 0.05) is 12.0 Å². The minimum Gasteiger partial charge on any atom is -0.271 e. The number of hydrogen-bond acceptors (Lipinski definition) is 2. The minimum absolute atomic E-state index is 0.121. The number of hydrazine groups is 1. The summed E-state index contributed by atoms with van der Waals surface area (Å²) in [5, 5.41) is 0.162. The van der Waals surface area contributed by atoms with E-state index >= 15 is 0 Å². The first-order valence-electron chi connectivity index (χ1n) is 7.17. The van der Waals surface area contributed by atoms with Crippen molar-refractivity contribution >= 4 is 11.6 Å². The molecule has 3 N–H and O–H groups in total. The van der Waals surface area contributed by atoms with Crippen molar-refractivity contribution in [3.63, 3.8) is 0 Å². The van der Waals surface area contributed by atoms with Gasteiger partial charge in [0.25, 0.3) is 0 Å². The van der Waals surface area contributed by atoms with Gasteiger partial charge < -0.3 is 0 Å². The third kappa shape index (κ3) is 2.95. The van der Waals surface area contributed by atoms with Crippen molar-refractivity contribution in [2.75, 3.05) is 0 Å². The van der Waals surface area contributed by atoms with Gasteiger partial charge in [0.1, 0.15) is 5.82 Å². The molecule has 0 radical (unpaired) electrons. The van der Waals surface area contributed by atoms with E-state index in [1.165, 1.54) is 17.2 Å². The zero-order chi connectivity index (χ0) is 14.8. The van der Waals surface area contributed by atoms with Crippen LogP contribution < -0.4 is 11.3 Å². The monoisotopic (exact) mass is 304 g/mol. The van der Waals surface area contributed by atoms with E-state index in [-0.39, 0.29) is 16.9 Å². The summed E-state index contributed by atoms with van der Waals surface area (Å²) in [5.74, 6) is 5.77. The highest BCUT2D eigenvalue weighted by molar-refractivity contribution is 6.30. The maximum Gasteiger partial charge on any atom is 0.141 e. The molecule has 0 bridgehead atoms. The summed E-state index contributed by atoms with van der Waals surface area (Å²) in [6.45, 7) is 0. The van der Waals surface area contributed by atoms with Gasteiger partial charge in [-0.25, -0.2) is 4.39 Å². The molecule has 0 saturated carbocycles. The second-order valence-corrected chi connectivity index (χ2v) is 5.98. The van der Waals surface area contributed by atoms with E-state index in [0.717, 1.165) is 24.8 Å². The lowest BCUT2D eigenvalue weighted by Gasteiger charge is -2.24. The van der Waals surface area contributed by atoms with Gasteiger partial charge in [-0.3, -0.25) is 11.3 Å². The number of fused-ring (bicyclic) bond motifs is 1. The van der Waals surface area contributed by atoms with E-state index < -0.39 is 0 Å². The zero-order valence-electron chi connectivity index (χ0n) is 11.7. The van der Waals surface area contributed by atoms with E-state index in [9.17, 15) is 4.39 Å². The number of halogens is 2. The van der Waals surface area contributed by atoms with Crippen LogP contribution in [0.2, 0.25) is 5.02 Å². The third-order valence-corrected chi connectivity index (χ3v) is 4.61. The van der Waals surface area contributed by atoms with Gasteiger partial charge >= 0.3 is 0 Å². The van der Waals surface area contributed by atoms with E-state index in [2.05, 4.69) is 29.7 Å². The molecule has 3 rings (SSSR count). The molecule has 0 spiro atoms. The normalized spacial score (nSPS) is 18.5. The molecule has 2 atom stereocenters. The Hall–Kier alpha value is -1.42. The molecule has 0 aromatic heterocycles. The fourth-order valence-corrected chi connectivity index (χ4v) is 3.45. The number of nitrogens with one attached hydrogen (secondary N) is 1. The van der Waals surface area contributed by atoms with Gasteiger partial charge in [-0.1, -0.05) is 41.9 Å². The van der Waals surface area contributed by atoms with E-state index in [4.69, 9.17) is 17.4 Å². The Morgan fingerprint density at radius 1 is 1.29 bits per heavy atom. The Morgan fingerprint density at radius 3 is 2.86 bits per heavy atom. The SMILES string of the molecule is NNC(Cc1ccc(F)c(Cl)c1)C1CCc2ccccc21. The van der Waals surface area contributed by atoms with Gasteiger partial charge in [0.15, 0.2) is 0 Å². The molecule has 2 nitrogen and oxygen atoms in total. The molecular weight excluding hydrogens is 287 g/mol. The lowest BCUT2D eigenvalue weighted by atomic mass is 9.89. The Morgan fingerprint density at radius 2 is 2.10 bits per heavy atom. The van der Waals surface area contributed by atoms with Crippen molar-refractivity contribution in [2.24, 2.45) is 5.84 Å². The van der Waals surface area contributed by atoms with Crippen LogP contribution in [0, 0.1) is 5.82 Å². The van der Waals surface area contributed by atoms with Crippen LogP contribution in [0.15, 0.2) is 42.5 Å². The molecule has 0 heterocycles. The second kappa shape index (κ2) is 6.14. The summed E-state index contributed by atoms with van der Waals surface area (Å²) in [4.78, 5) is 0. The van der Waals surface area contributed by atoms with Crippen LogP contribution in [0.4, 0.5) is 4.39 Å². The Kier molecular flexibility index (Phi) is 4.24. The molecule has 1 aliphatic rings. The highest BCUT2D eigenvalue weighted by Gasteiger charge is 2.29. The zero-order valence-corrected chi connectivity index (χ0v) is 12.4. The maximum absolute atomic E-state index is 13.2. The minimum atomic E-state index is -0.385. The standard InChI is InChI=1S/C17H18ClFN2/c18-15-9-11(5-8-16(15)19)10-17(21-20)14-7-6-12-3-1-2-4-13(12)14/h1-5,8-9,14,17,21H,6-7,10,20H2. The van der Waals surface area contributed by atoms with Gasteiger partial charge in [-0.05, 0) is 48.1 Å². The summed E-state index contributed by atoms with van der Waals surface area (Å²) >= 11 is 5.85. The highest BCUT2D eigenvalue weighted by atomic mass is 35.5. The van der Waals surface area contributed by atoms with Crippen LogP contribution in [0.3, 0.4) is 0 Å². The van der Waals surface area contributed by atoms with Crippen LogP contribution in [0.25, 0.3) is 0 Å². The first kappa shape index (κ1) is 14.5. The fourth-order valence-electron chi connectivity index (χ4n) is 3.25. The summed E-state index contributed by atoms with van der Waals surface area (Å²) in [5.41, 5.74) is 6.70. The van der Waals surface area contributed by atoms with Crippen LogP contribution in [0.5, 0.6) is 0 Å². The number of nitrogens with two attached hydrogens (primary N) is 1. The number of hydrogen-bond donors (Lipinski definition) is 2. The van der Waals surface area contributed by atoms with Crippen molar-refractivity contribution in [1.82, 2.24) is 5.43 Å². The number of aryl methyl sites for hydroxylation is 1. The summed E-state index contributed by atoms with van der Waals surface area (Å²) in [6.07, 6.45) is 2.90. The van der Waals surface area contributed by atoms with Crippen molar-refractivity contribution in [3.05, 3.63) is 70.0 Å². The lowest BCUT2D eigenvalue weighted by Crippen LogP contribution is -2.40. The second-order valence-electron chi connectivity index (χ2n) is 5.57. The molecule has 4 heteroatoms. The number of rotatable bonds is 4. The van der Waals surface area contributed by atoms with Crippen LogP contribution in [0.1, 0.15) is 29.0 Å². The fraction of sp³-hybridized carbons (Fsp3) is 0.294. The quantitative estimate of drug-likeness (QED) is 0.669. The highest BCUT2D eigenvalue weighted by Crippen LogP contribution is 2.36. The Bertz CT molecular complexity index is 644. The molecule has 0 amide bonds. The van der Waals surface area contributed by atoms with Crippen molar-refractivity contribution < 1.29 is 4.39 Å². The van der Waals surface area contributed by atoms with Gasteiger partial charge in [0.2, 0.25) is 0 Å². The van der Waals surface area contributed by atoms with Gasteiger partial charge in [-0.2, -0.15) is 0 Å². The average Bonchev–Trinajstić information content (AvgIpc) is 2.92. The molecule has 1 aliphatic carbocycles. The predicted octanol–water partition coefficient (Wildman–Crippen LogP) is 3.58. The van der Waals surface area contributed by atoms with E-state index in [1.807, 2.05) is 0 Å². The topological polar surface area (TPSA) is 38.0 Å². The smallest absolute Gasteiger partial charge is 0.141 e. The van der Waals surface area contributed by atoms with Crippen molar-refractivity contribution in [3.8, 4) is 0 Å². The summed E-state index contributed by atoms with van der Waals surface area (Å²) < 4.78 is 13.2. The molecule has 0 fully saturated rings. The van der Waals surface area contributed by atoms with Crippen LogP contribution in [-0.4, -0.2) is 6.04 Å². The summed E-state index contributed by atoms with van der Waals surface area (Å²) in [6, 6.07) is 13.5. The first-order valence-corrected chi connectivity index (χ1v) is 7.54. The molecule has 0 saturated heterocycles. The Balaban J connectivity index is 1.81. The molecule has 0 aliphatic heterocycles.